The Hall–Kier alpha value is -0.865. The Kier molecular flexibility index (Phi) is 2.99. The van der Waals surface area contributed by atoms with Gasteiger partial charge in [-0.1, -0.05) is 32.0 Å². The molecule has 0 unspecified atom stereocenters. The Bertz CT molecular complexity index is 603. The molecule has 0 N–H and O–H groups in total. The maximum Gasteiger partial charge on any atom is 0.370 e. The van der Waals surface area contributed by atoms with E-state index in [1.54, 1.807) is 0 Å². The van der Waals surface area contributed by atoms with Gasteiger partial charge in [0.15, 0.2) is 0 Å². The summed E-state index contributed by atoms with van der Waals surface area (Å²) in [5, 5.41) is 1.42. The van der Waals surface area contributed by atoms with Crippen LogP contribution in [-0.4, -0.2) is 11.8 Å². The first-order valence-electron chi connectivity index (χ1n) is 6.66. The molecule has 1 aliphatic heterocycles. The molecular weight excluding hydrogens is 255 g/mol. The Morgan fingerprint density at radius 2 is 1.89 bits per heavy atom. The number of para-hydroxylation sites is 1. The summed E-state index contributed by atoms with van der Waals surface area (Å²) in [5.41, 5.74) is 2.19. The Morgan fingerprint density at radius 1 is 1.16 bits per heavy atom. The molecule has 0 spiro atoms. The first-order valence-corrected chi connectivity index (χ1v) is 7.71. The fourth-order valence-corrected chi connectivity index (χ4v) is 3.91. The minimum atomic E-state index is -0.0247. The standard InChI is InChI=1S/C15H19BO2S/c1-14(2)15(3,4)18-16(14)19-10-11-9-17-13-8-6-5-7-12(11)13/h5-9H,10H2,1-4H3. The fraction of sp³-hybridized carbons (Fsp3) is 0.467. The van der Waals surface area contributed by atoms with Gasteiger partial charge in [0.1, 0.15) is 5.58 Å². The van der Waals surface area contributed by atoms with Crippen molar-refractivity contribution < 1.29 is 9.07 Å². The second-order valence-electron chi connectivity index (χ2n) is 6.25. The van der Waals surface area contributed by atoms with Crippen molar-refractivity contribution in [3.63, 3.8) is 0 Å². The minimum Gasteiger partial charge on any atom is -0.464 e. The maximum absolute atomic E-state index is 5.98. The summed E-state index contributed by atoms with van der Waals surface area (Å²) in [6.07, 6.45) is 2.13. The molecule has 4 heteroatoms. The van der Waals surface area contributed by atoms with Crippen molar-refractivity contribution in [2.75, 3.05) is 0 Å². The van der Waals surface area contributed by atoms with Crippen LogP contribution in [0.1, 0.15) is 33.3 Å². The van der Waals surface area contributed by atoms with E-state index < -0.39 is 0 Å². The molecule has 3 rings (SSSR count). The zero-order valence-corrected chi connectivity index (χ0v) is 12.7. The highest BCUT2D eigenvalue weighted by molar-refractivity contribution is 8.24. The maximum atomic E-state index is 5.98. The van der Waals surface area contributed by atoms with Crippen molar-refractivity contribution in [2.45, 2.75) is 44.4 Å². The third-order valence-electron chi connectivity index (χ3n) is 4.49. The zero-order valence-electron chi connectivity index (χ0n) is 11.9. The SMILES string of the molecule is CC1(C)OB(SCc2coc3ccccc23)C1(C)C. The van der Waals surface area contributed by atoms with Crippen LogP contribution in [0.2, 0.25) is 5.31 Å². The van der Waals surface area contributed by atoms with E-state index in [2.05, 4.69) is 39.8 Å². The van der Waals surface area contributed by atoms with Crippen molar-refractivity contribution >= 4 is 28.8 Å². The summed E-state index contributed by atoms with van der Waals surface area (Å²) in [7, 11) is 0. The van der Waals surface area contributed by atoms with Gasteiger partial charge in [-0.15, -0.1) is 0 Å². The Morgan fingerprint density at radius 3 is 2.58 bits per heavy atom. The molecule has 1 fully saturated rings. The van der Waals surface area contributed by atoms with Crippen molar-refractivity contribution in [3.8, 4) is 0 Å². The second-order valence-corrected chi connectivity index (χ2v) is 7.30. The average Bonchev–Trinajstić information content (AvgIpc) is 2.77. The average molecular weight is 274 g/mol. The van der Waals surface area contributed by atoms with Crippen LogP contribution in [0, 0.1) is 0 Å². The summed E-state index contributed by atoms with van der Waals surface area (Å²) in [6.45, 7) is 8.89. The molecule has 0 aliphatic carbocycles. The van der Waals surface area contributed by atoms with Crippen LogP contribution in [0.25, 0.3) is 11.0 Å². The molecule has 2 nitrogen and oxygen atoms in total. The van der Waals surface area contributed by atoms with Crippen LogP contribution in [0.4, 0.5) is 0 Å². The lowest BCUT2D eigenvalue weighted by Gasteiger charge is -2.56. The van der Waals surface area contributed by atoms with E-state index >= 15 is 0 Å². The Labute approximate surface area is 118 Å². The quantitative estimate of drug-likeness (QED) is 0.754. The number of hydrogen-bond acceptors (Lipinski definition) is 3. The van der Waals surface area contributed by atoms with Gasteiger partial charge in [-0.25, -0.2) is 0 Å². The molecular formula is C15H19BO2S. The second kappa shape index (κ2) is 4.32. The lowest BCUT2D eigenvalue weighted by Crippen LogP contribution is -2.59. The van der Waals surface area contributed by atoms with E-state index in [0.717, 1.165) is 11.3 Å². The molecule has 2 heterocycles. The number of rotatable bonds is 3. The van der Waals surface area contributed by atoms with Crippen molar-refractivity contribution in [1.82, 2.24) is 0 Å². The molecule has 0 amide bonds. The number of benzene rings is 1. The fourth-order valence-electron chi connectivity index (χ4n) is 2.34. The lowest BCUT2D eigenvalue weighted by atomic mass is 9.49. The highest BCUT2D eigenvalue weighted by atomic mass is 32.2. The van der Waals surface area contributed by atoms with E-state index in [4.69, 9.17) is 9.07 Å². The molecule has 0 radical (unpaired) electrons. The van der Waals surface area contributed by atoms with Crippen LogP contribution >= 0.6 is 11.6 Å². The van der Waals surface area contributed by atoms with Gasteiger partial charge in [0.25, 0.3) is 0 Å². The number of furan rings is 1. The topological polar surface area (TPSA) is 22.4 Å². The minimum absolute atomic E-state index is 0.0247. The molecule has 0 atom stereocenters. The molecule has 1 saturated heterocycles. The van der Waals surface area contributed by atoms with Gasteiger partial charge in [0.2, 0.25) is 0 Å². The van der Waals surface area contributed by atoms with Crippen LogP contribution in [0.15, 0.2) is 34.9 Å². The zero-order chi connectivity index (χ0) is 13.7. The lowest BCUT2D eigenvalue weighted by molar-refractivity contribution is -0.00483. The van der Waals surface area contributed by atoms with E-state index in [-0.39, 0.29) is 17.1 Å². The van der Waals surface area contributed by atoms with Gasteiger partial charge < -0.3 is 9.07 Å². The van der Waals surface area contributed by atoms with Gasteiger partial charge in [-0.3, -0.25) is 0 Å². The smallest absolute Gasteiger partial charge is 0.370 e. The highest BCUT2D eigenvalue weighted by Crippen LogP contribution is 2.57. The van der Waals surface area contributed by atoms with Crippen molar-refractivity contribution in [1.29, 1.82) is 0 Å². The van der Waals surface area contributed by atoms with Crippen LogP contribution in [0.5, 0.6) is 0 Å². The summed E-state index contributed by atoms with van der Waals surface area (Å²) >= 11 is 1.86. The molecule has 100 valence electrons. The Balaban J connectivity index is 1.71. The first kappa shape index (κ1) is 13.1. The summed E-state index contributed by atoms with van der Waals surface area (Å²) in [5.74, 6) is 0.932. The number of hydrogen-bond donors (Lipinski definition) is 0. The van der Waals surface area contributed by atoms with Gasteiger partial charge in [-0.05, 0) is 19.9 Å². The third kappa shape index (κ3) is 2.02. The van der Waals surface area contributed by atoms with Gasteiger partial charge in [0.05, 0.1) is 6.26 Å². The molecule has 19 heavy (non-hydrogen) atoms. The largest absolute Gasteiger partial charge is 0.464 e. The van der Waals surface area contributed by atoms with Gasteiger partial charge in [-0.2, -0.15) is 11.6 Å². The highest BCUT2D eigenvalue weighted by Gasteiger charge is 2.59. The molecule has 1 aromatic carbocycles. The van der Waals surface area contributed by atoms with E-state index in [1.807, 2.05) is 30.0 Å². The van der Waals surface area contributed by atoms with Crippen LogP contribution in [0.3, 0.4) is 0 Å². The van der Waals surface area contributed by atoms with Crippen LogP contribution < -0.4 is 0 Å². The van der Waals surface area contributed by atoms with Gasteiger partial charge >= 0.3 is 6.19 Å². The number of fused-ring (bicyclic) bond motifs is 1. The van der Waals surface area contributed by atoms with Crippen LogP contribution in [-0.2, 0) is 10.4 Å². The molecule has 2 aromatic rings. The third-order valence-corrected chi connectivity index (χ3v) is 5.96. The summed E-state index contributed by atoms with van der Waals surface area (Å²) in [6, 6.07) is 8.18. The van der Waals surface area contributed by atoms with Crippen molar-refractivity contribution in [2.24, 2.45) is 0 Å². The van der Waals surface area contributed by atoms with E-state index in [9.17, 15) is 0 Å². The van der Waals surface area contributed by atoms with Gasteiger partial charge in [0, 0.05) is 27.6 Å². The normalized spacial score (nSPS) is 20.5. The summed E-state index contributed by atoms with van der Waals surface area (Å²) < 4.78 is 11.6. The monoisotopic (exact) mass is 274 g/mol. The predicted octanol–water partition coefficient (Wildman–Crippen LogP) is 4.74. The molecule has 0 saturated carbocycles. The van der Waals surface area contributed by atoms with E-state index in [1.165, 1.54) is 10.9 Å². The first-order chi connectivity index (χ1) is 8.92. The van der Waals surface area contributed by atoms with Crippen molar-refractivity contribution in [3.05, 3.63) is 36.1 Å². The summed E-state index contributed by atoms with van der Waals surface area (Å²) in [4.78, 5) is 0. The predicted molar refractivity (Wildman–Crippen MR) is 82.5 cm³/mol. The molecule has 0 bridgehead atoms. The molecule has 1 aromatic heterocycles. The van der Waals surface area contributed by atoms with E-state index in [0.29, 0.717) is 0 Å². The molecule has 1 aliphatic rings.